The van der Waals surface area contributed by atoms with E-state index in [1.807, 2.05) is 39.8 Å². The Balaban J connectivity index is 3.93. The Morgan fingerprint density at radius 2 is 1.31 bits per heavy atom. The Kier molecular flexibility index (Phi) is 7.97. The van der Waals surface area contributed by atoms with Crippen molar-refractivity contribution in [1.29, 1.82) is 0 Å². The quantitative estimate of drug-likeness (QED) is 0.449. The zero-order valence-corrected chi connectivity index (χ0v) is 10.9. The third kappa shape index (κ3) is 7.87. The predicted octanol–water partition coefficient (Wildman–Crippen LogP) is 2.35. The molecule has 0 saturated carbocycles. The summed E-state index contributed by atoms with van der Waals surface area (Å²) in [6.45, 7) is 7.80. The summed E-state index contributed by atoms with van der Waals surface area (Å²) in [5.74, 6) is 0. The van der Waals surface area contributed by atoms with Crippen molar-refractivity contribution < 1.29 is 0 Å². The summed E-state index contributed by atoms with van der Waals surface area (Å²) in [5, 5.41) is 8.21. The fraction of sp³-hybridized carbons (Fsp3) is 0.364. The number of thiocarbonyl (C=S) groups is 1. The first kappa shape index (κ1) is 14.5. The summed E-state index contributed by atoms with van der Waals surface area (Å²) in [5.41, 5.74) is 7.43. The molecule has 0 heterocycles. The van der Waals surface area contributed by atoms with E-state index in [2.05, 4.69) is 21.1 Å². The molecule has 0 aliphatic heterocycles. The van der Waals surface area contributed by atoms with Gasteiger partial charge >= 0.3 is 0 Å². The first-order valence-electron chi connectivity index (χ1n) is 4.98. The van der Waals surface area contributed by atoms with Gasteiger partial charge in [-0.05, 0) is 51.1 Å². The molecule has 0 aromatic rings. The fourth-order valence-electron chi connectivity index (χ4n) is 0.560. The van der Waals surface area contributed by atoms with Crippen molar-refractivity contribution >= 4 is 29.8 Å². The number of allylic oxidation sites excluding steroid dienone is 4. The summed E-state index contributed by atoms with van der Waals surface area (Å²) >= 11 is 4.94. The van der Waals surface area contributed by atoms with Crippen LogP contribution in [0.3, 0.4) is 0 Å². The molecule has 0 rings (SSSR count). The van der Waals surface area contributed by atoms with Crippen LogP contribution in [0.2, 0.25) is 0 Å². The molecule has 0 unspecified atom stereocenters. The van der Waals surface area contributed by atoms with Crippen molar-refractivity contribution in [3.05, 3.63) is 23.3 Å². The second-order valence-corrected chi connectivity index (χ2v) is 3.54. The zero-order valence-electron chi connectivity index (χ0n) is 10.1. The SMILES string of the molecule is C/C=C(C)\C=N/NC(=S)N/N=C/C(C)=C\C. The number of hydrazone groups is 2. The number of hydrogen-bond donors (Lipinski definition) is 2. The summed E-state index contributed by atoms with van der Waals surface area (Å²) in [6.07, 6.45) is 7.29. The van der Waals surface area contributed by atoms with E-state index in [-0.39, 0.29) is 0 Å². The van der Waals surface area contributed by atoms with Gasteiger partial charge in [-0.15, -0.1) is 0 Å². The molecule has 0 fully saturated rings. The molecular formula is C11H18N4S. The lowest BCUT2D eigenvalue weighted by molar-refractivity contribution is 0.934. The second kappa shape index (κ2) is 8.79. The largest absolute Gasteiger partial charge is 0.252 e. The molecule has 0 bridgehead atoms. The average molecular weight is 238 g/mol. The minimum atomic E-state index is 0.361. The van der Waals surface area contributed by atoms with Crippen LogP contribution in [0.4, 0.5) is 0 Å². The van der Waals surface area contributed by atoms with E-state index in [9.17, 15) is 0 Å². The topological polar surface area (TPSA) is 48.8 Å². The Bertz CT molecular complexity index is 308. The predicted molar refractivity (Wildman–Crippen MR) is 74.7 cm³/mol. The number of nitrogens with one attached hydrogen (secondary N) is 2. The molecule has 16 heavy (non-hydrogen) atoms. The van der Waals surface area contributed by atoms with Gasteiger partial charge in [0, 0.05) is 12.4 Å². The van der Waals surface area contributed by atoms with Crippen LogP contribution in [-0.2, 0) is 0 Å². The molecule has 0 amide bonds. The van der Waals surface area contributed by atoms with E-state index in [0.29, 0.717) is 5.11 Å². The van der Waals surface area contributed by atoms with Gasteiger partial charge in [-0.25, -0.2) is 0 Å². The molecule has 2 N–H and O–H groups in total. The van der Waals surface area contributed by atoms with Crippen LogP contribution in [0.5, 0.6) is 0 Å². The zero-order chi connectivity index (χ0) is 12.4. The summed E-state index contributed by atoms with van der Waals surface area (Å²) in [4.78, 5) is 0. The van der Waals surface area contributed by atoms with Crippen LogP contribution >= 0.6 is 12.2 Å². The summed E-state index contributed by atoms with van der Waals surface area (Å²) in [7, 11) is 0. The van der Waals surface area contributed by atoms with Gasteiger partial charge in [0.15, 0.2) is 0 Å². The summed E-state index contributed by atoms with van der Waals surface area (Å²) in [6, 6.07) is 0. The Morgan fingerprint density at radius 3 is 1.62 bits per heavy atom. The molecule has 5 heteroatoms. The van der Waals surface area contributed by atoms with Gasteiger partial charge in [-0.3, -0.25) is 10.9 Å². The smallest absolute Gasteiger partial charge is 0.207 e. The van der Waals surface area contributed by atoms with E-state index in [4.69, 9.17) is 12.2 Å². The molecular weight excluding hydrogens is 220 g/mol. The minimum absolute atomic E-state index is 0.361. The van der Waals surface area contributed by atoms with Crippen molar-refractivity contribution in [3.8, 4) is 0 Å². The standard InChI is InChI=1S/C11H18N4S/c1-5-9(3)7-12-14-11(16)15-13-8-10(4)6-2/h5-8H,1-4H3,(H2,14,15,16)/b9-5-,10-6-,12-7-,13-8+. The van der Waals surface area contributed by atoms with Gasteiger partial charge < -0.3 is 0 Å². The molecule has 0 saturated heterocycles. The van der Waals surface area contributed by atoms with E-state index < -0.39 is 0 Å². The molecule has 0 aliphatic carbocycles. The second-order valence-electron chi connectivity index (χ2n) is 3.13. The Labute approximate surface area is 102 Å². The highest BCUT2D eigenvalue weighted by atomic mass is 32.1. The normalized spacial score (nSPS) is 13.5. The van der Waals surface area contributed by atoms with Crippen molar-refractivity contribution in [3.63, 3.8) is 0 Å². The van der Waals surface area contributed by atoms with Gasteiger partial charge in [0.2, 0.25) is 5.11 Å². The average Bonchev–Trinajstić information content (AvgIpc) is 2.28. The molecule has 0 radical (unpaired) electrons. The first-order valence-corrected chi connectivity index (χ1v) is 5.39. The van der Waals surface area contributed by atoms with Crippen LogP contribution in [0.25, 0.3) is 0 Å². The maximum atomic E-state index is 4.94. The summed E-state index contributed by atoms with van der Waals surface area (Å²) < 4.78 is 0. The Hall–Kier alpha value is -1.49. The lowest BCUT2D eigenvalue weighted by Crippen LogP contribution is -2.28. The monoisotopic (exact) mass is 238 g/mol. The van der Waals surface area contributed by atoms with Gasteiger partial charge in [0.05, 0.1) is 0 Å². The van der Waals surface area contributed by atoms with Crippen molar-refractivity contribution in [1.82, 2.24) is 10.9 Å². The number of rotatable bonds is 4. The van der Waals surface area contributed by atoms with Crippen molar-refractivity contribution in [2.45, 2.75) is 27.7 Å². The maximum Gasteiger partial charge on any atom is 0.207 e. The molecule has 88 valence electrons. The van der Waals surface area contributed by atoms with Crippen molar-refractivity contribution in [2.75, 3.05) is 0 Å². The third-order valence-electron chi connectivity index (χ3n) is 1.78. The van der Waals surface area contributed by atoms with E-state index in [0.717, 1.165) is 11.1 Å². The van der Waals surface area contributed by atoms with Crippen LogP contribution in [-0.4, -0.2) is 17.5 Å². The third-order valence-corrected chi connectivity index (χ3v) is 1.96. The molecule has 4 nitrogen and oxygen atoms in total. The van der Waals surface area contributed by atoms with E-state index in [1.54, 1.807) is 12.4 Å². The molecule has 0 aromatic carbocycles. The molecule has 0 spiro atoms. The minimum Gasteiger partial charge on any atom is -0.252 e. The number of nitrogens with zero attached hydrogens (tertiary/aromatic N) is 2. The molecule has 0 aromatic heterocycles. The van der Waals surface area contributed by atoms with E-state index in [1.165, 1.54) is 0 Å². The highest BCUT2D eigenvalue weighted by molar-refractivity contribution is 7.80. The van der Waals surface area contributed by atoms with Gasteiger partial charge in [0.25, 0.3) is 0 Å². The van der Waals surface area contributed by atoms with Crippen LogP contribution in [0, 0.1) is 0 Å². The van der Waals surface area contributed by atoms with Gasteiger partial charge in [-0.1, -0.05) is 12.2 Å². The van der Waals surface area contributed by atoms with E-state index >= 15 is 0 Å². The lowest BCUT2D eigenvalue weighted by atomic mass is 10.3. The molecule has 0 atom stereocenters. The fourth-order valence-corrected chi connectivity index (χ4v) is 0.665. The van der Waals surface area contributed by atoms with Crippen molar-refractivity contribution in [2.24, 2.45) is 10.2 Å². The maximum absolute atomic E-state index is 4.94. The lowest BCUT2D eigenvalue weighted by Gasteiger charge is -2.00. The van der Waals surface area contributed by atoms with Crippen LogP contribution in [0.1, 0.15) is 27.7 Å². The number of hydrogen-bond acceptors (Lipinski definition) is 3. The van der Waals surface area contributed by atoms with Crippen LogP contribution in [0.15, 0.2) is 33.5 Å². The Morgan fingerprint density at radius 1 is 0.938 bits per heavy atom. The highest BCUT2D eigenvalue weighted by Crippen LogP contribution is 1.85. The molecule has 0 aliphatic rings. The van der Waals surface area contributed by atoms with Gasteiger partial charge in [0.1, 0.15) is 0 Å². The first-order chi connectivity index (χ1) is 7.60. The van der Waals surface area contributed by atoms with Gasteiger partial charge in [-0.2, -0.15) is 10.2 Å². The highest BCUT2D eigenvalue weighted by Gasteiger charge is 1.88. The van der Waals surface area contributed by atoms with Crippen LogP contribution < -0.4 is 10.9 Å².